The molecule has 2 aromatic rings. The second kappa shape index (κ2) is 7.20. The summed E-state index contributed by atoms with van der Waals surface area (Å²) < 4.78 is 0. The normalized spacial score (nSPS) is 8.47. The third-order valence-electron chi connectivity index (χ3n) is 1.31. The zero-order valence-electron chi connectivity index (χ0n) is 8.14. The van der Waals surface area contributed by atoms with Crippen LogP contribution in [0.4, 0.5) is 0 Å². The minimum Gasteiger partial charge on any atom is -0.857 e. The molecule has 0 saturated heterocycles. The number of nitrogens with zero attached hydrogens (tertiary/aromatic N) is 2. The van der Waals surface area contributed by atoms with Crippen molar-refractivity contribution in [3.05, 3.63) is 45.0 Å². The molecule has 0 saturated carbocycles. The van der Waals surface area contributed by atoms with Gasteiger partial charge in [-0.25, -0.2) is 10.2 Å². The maximum Gasteiger partial charge on any atom is 2.00 e. The van der Waals surface area contributed by atoms with Crippen molar-refractivity contribution in [1.29, 1.82) is 0 Å². The summed E-state index contributed by atoms with van der Waals surface area (Å²) in [5.74, 6) is -0.853. The van der Waals surface area contributed by atoms with Crippen LogP contribution in [0.1, 0.15) is 0 Å². The van der Waals surface area contributed by atoms with Gasteiger partial charge in [0.2, 0.25) is 0 Å². The zero-order chi connectivity index (χ0) is 12.0. The van der Waals surface area contributed by atoms with Crippen LogP contribution in [-0.2, 0) is 17.1 Å². The van der Waals surface area contributed by atoms with Gasteiger partial charge < -0.3 is 10.2 Å². The summed E-state index contributed by atoms with van der Waals surface area (Å²) in [5.41, 5.74) is -0.714. The van der Waals surface area contributed by atoms with Gasteiger partial charge in [-0.1, -0.05) is 0 Å². The molecule has 0 spiro atoms. The fourth-order valence-electron chi connectivity index (χ4n) is 0.663. The van der Waals surface area contributed by atoms with Crippen LogP contribution >= 0.6 is 0 Å². The Labute approximate surface area is 105 Å². The van der Waals surface area contributed by atoms with E-state index in [9.17, 15) is 19.8 Å². The second-order valence-corrected chi connectivity index (χ2v) is 2.52. The SMILES string of the molecule is O=c1ccc([O-])n[nH]1.O=c1ccc([O-])n[nH]1.[Cu+2]. The second-order valence-electron chi connectivity index (χ2n) is 2.52. The predicted molar refractivity (Wildman–Crippen MR) is 48.6 cm³/mol. The van der Waals surface area contributed by atoms with Crippen molar-refractivity contribution in [2.45, 2.75) is 0 Å². The van der Waals surface area contributed by atoms with Gasteiger partial charge in [0.05, 0.1) is 0 Å². The molecule has 9 heteroatoms. The molecule has 2 aromatic heterocycles. The predicted octanol–water partition coefficient (Wildman–Crippen LogP) is -2.32. The van der Waals surface area contributed by atoms with Crippen LogP contribution in [0.15, 0.2) is 33.9 Å². The zero-order valence-corrected chi connectivity index (χ0v) is 9.08. The molecule has 2 rings (SSSR count). The first-order chi connectivity index (χ1) is 7.58. The molecule has 2 N–H and O–H groups in total. The molecular formula is C8H6CuN4O4. The first-order valence-corrected chi connectivity index (χ1v) is 4.03. The molecule has 0 aliphatic rings. The van der Waals surface area contributed by atoms with Crippen molar-refractivity contribution in [3.8, 4) is 11.8 Å². The van der Waals surface area contributed by atoms with Crippen LogP contribution < -0.4 is 21.3 Å². The standard InChI is InChI=1S/2C4H4N2O2.Cu/c2*7-3-1-2-4(8)6-5-3;/h2*1-2H,(H,5,7)(H,6,8);/q;;+2/p-2. The third kappa shape index (κ3) is 6.13. The van der Waals surface area contributed by atoms with Gasteiger partial charge in [0.25, 0.3) is 11.1 Å². The molecule has 0 unspecified atom stereocenters. The van der Waals surface area contributed by atoms with Crippen LogP contribution in [0.3, 0.4) is 0 Å². The first kappa shape index (κ1) is 14.9. The van der Waals surface area contributed by atoms with E-state index in [1.54, 1.807) is 0 Å². The summed E-state index contributed by atoms with van der Waals surface area (Å²) in [7, 11) is 0. The monoisotopic (exact) mass is 285 g/mol. The number of rotatable bonds is 0. The molecule has 0 amide bonds. The number of aromatic nitrogens is 4. The van der Waals surface area contributed by atoms with E-state index in [4.69, 9.17) is 0 Å². The molecule has 93 valence electrons. The van der Waals surface area contributed by atoms with E-state index < -0.39 is 11.8 Å². The van der Waals surface area contributed by atoms with Crippen molar-refractivity contribution in [3.63, 3.8) is 0 Å². The Morgan fingerprint density at radius 3 is 1.35 bits per heavy atom. The Morgan fingerprint density at radius 2 is 1.18 bits per heavy atom. The Morgan fingerprint density at radius 1 is 0.824 bits per heavy atom. The first-order valence-electron chi connectivity index (χ1n) is 4.03. The summed E-state index contributed by atoms with van der Waals surface area (Å²) in [5, 5.41) is 30.4. The van der Waals surface area contributed by atoms with Gasteiger partial charge in [0, 0.05) is 23.9 Å². The van der Waals surface area contributed by atoms with Gasteiger partial charge >= 0.3 is 17.1 Å². The molecule has 0 bridgehead atoms. The summed E-state index contributed by atoms with van der Waals surface area (Å²) in [4.78, 5) is 20.3. The van der Waals surface area contributed by atoms with Crippen molar-refractivity contribution in [2.24, 2.45) is 0 Å². The number of nitrogens with one attached hydrogen (secondary N) is 2. The van der Waals surface area contributed by atoms with Gasteiger partial charge in [-0.15, -0.1) is 0 Å². The average molecular weight is 286 g/mol. The van der Waals surface area contributed by atoms with Crippen molar-refractivity contribution >= 4 is 0 Å². The molecule has 1 radical (unpaired) electrons. The maximum absolute atomic E-state index is 10.2. The van der Waals surface area contributed by atoms with Crippen molar-refractivity contribution < 1.29 is 27.3 Å². The molecule has 0 atom stereocenters. The van der Waals surface area contributed by atoms with Gasteiger partial charge in [-0.2, -0.15) is 10.2 Å². The van der Waals surface area contributed by atoms with E-state index in [1.807, 2.05) is 10.2 Å². The fraction of sp³-hybridized carbons (Fsp3) is 0. The molecule has 8 nitrogen and oxygen atoms in total. The minimum atomic E-state index is -0.426. The topological polar surface area (TPSA) is 138 Å². The summed E-state index contributed by atoms with van der Waals surface area (Å²) in [6, 6.07) is 4.49. The smallest absolute Gasteiger partial charge is 0.857 e. The quantitative estimate of drug-likeness (QED) is 0.521. The van der Waals surface area contributed by atoms with E-state index in [-0.39, 0.29) is 28.2 Å². The van der Waals surface area contributed by atoms with Crippen LogP contribution in [-0.4, -0.2) is 20.4 Å². The Kier molecular flexibility index (Phi) is 6.30. The van der Waals surface area contributed by atoms with Crippen molar-refractivity contribution in [1.82, 2.24) is 20.4 Å². The Balaban J connectivity index is 0.000000284. The molecule has 0 fully saturated rings. The van der Waals surface area contributed by atoms with Crippen LogP contribution in [0, 0.1) is 0 Å². The summed E-state index contributed by atoms with van der Waals surface area (Å²) in [6.07, 6.45) is 0. The molecule has 17 heavy (non-hydrogen) atoms. The molecule has 2 heterocycles. The maximum atomic E-state index is 10.2. The third-order valence-corrected chi connectivity index (χ3v) is 1.31. The molecule has 0 aromatic carbocycles. The van der Waals surface area contributed by atoms with Gasteiger partial charge in [-0.3, -0.25) is 9.59 Å². The largest absolute Gasteiger partial charge is 2.00 e. The summed E-state index contributed by atoms with van der Waals surface area (Å²) >= 11 is 0. The van der Waals surface area contributed by atoms with Gasteiger partial charge in [-0.05, 0) is 12.1 Å². The van der Waals surface area contributed by atoms with E-state index in [0.29, 0.717) is 0 Å². The number of hydrogen-bond donors (Lipinski definition) is 2. The number of H-pyrrole nitrogens is 2. The van der Waals surface area contributed by atoms with E-state index in [1.165, 1.54) is 0 Å². The molecular weight excluding hydrogens is 280 g/mol. The van der Waals surface area contributed by atoms with Gasteiger partial charge in [0.15, 0.2) is 0 Å². The number of hydrogen-bond acceptors (Lipinski definition) is 6. The van der Waals surface area contributed by atoms with Crippen LogP contribution in [0.25, 0.3) is 0 Å². The fourth-order valence-corrected chi connectivity index (χ4v) is 0.663. The van der Waals surface area contributed by atoms with E-state index in [0.717, 1.165) is 24.3 Å². The number of aromatic amines is 2. The summed E-state index contributed by atoms with van der Waals surface area (Å²) in [6.45, 7) is 0. The molecule has 0 aliphatic carbocycles. The van der Waals surface area contributed by atoms with Crippen LogP contribution in [0.2, 0.25) is 0 Å². The molecule has 0 aliphatic heterocycles. The average Bonchev–Trinajstić information content (AvgIpc) is 2.28. The van der Waals surface area contributed by atoms with E-state index >= 15 is 0 Å². The Bertz CT molecular complexity index is 475. The Hall–Kier alpha value is -2.12. The minimum absolute atomic E-state index is 0. The van der Waals surface area contributed by atoms with Crippen LogP contribution in [0.5, 0.6) is 11.8 Å². The van der Waals surface area contributed by atoms with Gasteiger partial charge in [0.1, 0.15) is 0 Å². The van der Waals surface area contributed by atoms with Crippen molar-refractivity contribution in [2.75, 3.05) is 0 Å². The van der Waals surface area contributed by atoms with E-state index in [2.05, 4.69) is 10.2 Å².